The van der Waals surface area contributed by atoms with Crippen LogP contribution in [0, 0.1) is 0 Å². The zero-order valence-electron chi connectivity index (χ0n) is 13.0. The third kappa shape index (κ3) is 4.17. The Morgan fingerprint density at radius 1 is 1.41 bits per heavy atom. The number of amides is 1. The maximum absolute atomic E-state index is 12.2. The Kier molecular flexibility index (Phi) is 5.32. The fraction of sp³-hybridized carbons (Fsp3) is 0.533. The average molecular weight is 307 g/mol. The summed E-state index contributed by atoms with van der Waals surface area (Å²) in [6, 6.07) is 1.77. The first-order valence-corrected chi connectivity index (χ1v) is 7.30. The van der Waals surface area contributed by atoms with Crippen molar-refractivity contribution in [3.8, 4) is 11.4 Å². The summed E-state index contributed by atoms with van der Waals surface area (Å²) in [6.07, 6.45) is 3.14. The van der Waals surface area contributed by atoms with E-state index >= 15 is 0 Å². The Balaban J connectivity index is 1.93. The van der Waals surface area contributed by atoms with Crippen molar-refractivity contribution < 1.29 is 18.8 Å². The molecule has 120 valence electrons. The summed E-state index contributed by atoms with van der Waals surface area (Å²) in [4.78, 5) is 18.1. The Hall–Kier alpha value is -2.15. The van der Waals surface area contributed by atoms with E-state index in [1.807, 2.05) is 13.8 Å². The monoisotopic (exact) mass is 307 g/mol. The van der Waals surface area contributed by atoms with Gasteiger partial charge in [-0.25, -0.2) is 0 Å². The van der Waals surface area contributed by atoms with Crippen molar-refractivity contribution in [2.75, 3.05) is 6.54 Å². The van der Waals surface area contributed by atoms with Crippen molar-refractivity contribution in [2.45, 2.75) is 45.8 Å². The van der Waals surface area contributed by atoms with E-state index in [2.05, 4.69) is 10.1 Å². The molecule has 2 rings (SSSR count). The minimum absolute atomic E-state index is 0.0336. The molecule has 7 heteroatoms. The van der Waals surface area contributed by atoms with Crippen LogP contribution in [-0.4, -0.2) is 44.7 Å². The first-order valence-electron chi connectivity index (χ1n) is 7.30. The van der Waals surface area contributed by atoms with Gasteiger partial charge in [-0.15, -0.1) is 0 Å². The fourth-order valence-corrected chi connectivity index (χ4v) is 2.11. The molecule has 0 saturated carbocycles. The first kappa shape index (κ1) is 16.2. The molecule has 2 heterocycles. The number of aliphatic hydroxyl groups excluding tert-OH is 1. The summed E-state index contributed by atoms with van der Waals surface area (Å²) in [6.45, 7) is 5.83. The Bertz CT molecular complexity index is 590. The van der Waals surface area contributed by atoms with Gasteiger partial charge in [0, 0.05) is 25.4 Å². The molecule has 1 amide bonds. The zero-order valence-corrected chi connectivity index (χ0v) is 13.0. The lowest BCUT2D eigenvalue weighted by atomic mass is 10.2. The van der Waals surface area contributed by atoms with Gasteiger partial charge in [-0.05, 0) is 26.8 Å². The van der Waals surface area contributed by atoms with Gasteiger partial charge in [-0.1, -0.05) is 5.16 Å². The standard InChI is InChI=1S/C15H21N3O4/c1-10(2)18(8-11(3)19)14(20)5-4-13-16-15(17-22-13)12-6-7-21-9-12/h6-7,9-11,19H,4-5,8H2,1-3H3. The quantitative estimate of drug-likeness (QED) is 0.839. The van der Waals surface area contributed by atoms with Crippen molar-refractivity contribution in [3.63, 3.8) is 0 Å². The highest BCUT2D eigenvalue weighted by molar-refractivity contribution is 5.76. The van der Waals surface area contributed by atoms with Crippen LogP contribution in [0.2, 0.25) is 0 Å². The predicted octanol–water partition coefficient (Wildman–Crippen LogP) is 1.88. The first-order chi connectivity index (χ1) is 10.5. The van der Waals surface area contributed by atoms with E-state index in [9.17, 15) is 9.90 Å². The molecule has 0 aromatic carbocycles. The van der Waals surface area contributed by atoms with Crippen LogP contribution in [0.15, 0.2) is 27.5 Å². The maximum Gasteiger partial charge on any atom is 0.227 e. The molecule has 0 aliphatic carbocycles. The van der Waals surface area contributed by atoms with Gasteiger partial charge in [0.15, 0.2) is 0 Å². The number of aromatic nitrogens is 2. The third-order valence-corrected chi connectivity index (χ3v) is 3.20. The second kappa shape index (κ2) is 7.22. The molecule has 0 bridgehead atoms. The van der Waals surface area contributed by atoms with E-state index < -0.39 is 6.10 Å². The molecule has 2 aromatic heterocycles. The fourth-order valence-electron chi connectivity index (χ4n) is 2.11. The van der Waals surface area contributed by atoms with E-state index in [1.165, 1.54) is 12.5 Å². The molecule has 0 saturated heterocycles. The number of aryl methyl sites for hydroxylation is 1. The number of hydrogen-bond acceptors (Lipinski definition) is 6. The molecule has 1 atom stereocenters. The Morgan fingerprint density at radius 2 is 2.18 bits per heavy atom. The second-order valence-electron chi connectivity index (χ2n) is 5.51. The molecule has 1 N–H and O–H groups in total. The van der Waals surface area contributed by atoms with Crippen LogP contribution in [0.5, 0.6) is 0 Å². The summed E-state index contributed by atoms with van der Waals surface area (Å²) < 4.78 is 10.1. The van der Waals surface area contributed by atoms with E-state index in [0.29, 0.717) is 24.7 Å². The van der Waals surface area contributed by atoms with Gasteiger partial charge >= 0.3 is 0 Å². The molecule has 0 fully saturated rings. The van der Waals surface area contributed by atoms with Gasteiger partial charge in [0.2, 0.25) is 17.6 Å². The Morgan fingerprint density at radius 3 is 2.77 bits per heavy atom. The van der Waals surface area contributed by atoms with Gasteiger partial charge in [0.05, 0.1) is 17.9 Å². The van der Waals surface area contributed by atoms with Crippen molar-refractivity contribution in [2.24, 2.45) is 0 Å². The van der Waals surface area contributed by atoms with Crippen LogP contribution in [0.3, 0.4) is 0 Å². The van der Waals surface area contributed by atoms with Gasteiger partial charge in [-0.2, -0.15) is 4.98 Å². The Labute approximate surface area is 128 Å². The number of carbonyl (C=O) groups excluding carboxylic acids is 1. The van der Waals surface area contributed by atoms with Crippen LogP contribution in [0.25, 0.3) is 11.4 Å². The van der Waals surface area contributed by atoms with Crippen LogP contribution in [0.4, 0.5) is 0 Å². The molecule has 0 aliphatic heterocycles. The lowest BCUT2D eigenvalue weighted by molar-refractivity contribution is -0.134. The molecule has 2 aromatic rings. The molecule has 1 unspecified atom stereocenters. The highest BCUT2D eigenvalue weighted by Crippen LogP contribution is 2.16. The number of carbonyl (C=O) groups is 1. The highest BCUT2D eigenvalue weighted by atomic mass is 16.5. The number of nitrogens with zero attached hydrogens (tertiary/aromatic N) is 3. The smallest absolute Gasteiger partial charge is 0.227 e. The lowest BCUT2D eigenvalue weighted by Crippen LogP contribution is -2.41. The predicted molar refractivity (Wildman–Crippen MR) is 78.9 cm³/mol. The summed E-state index contributed by atoms with van der Waals surface area (Å²) in [5, 5.41) is 13.3. The number of furan rings is 1. The molecule has 0 radical (unpaired) electrons. The van der Waals surface area contributed by atoms with Crippen molar-refractivity contribution in [1.29, 1.82) is 0 Å². The topological polar surface area (TPSA) is 92.6 Å². The van der Waals surface area contributed by atoms with Crippen molar-refractivity contribution >= 4 is 5.91 Å². The number of rotatable bonds is 7. The van der Waals surface area contributed by atoms with Crippen molar-refractivity contribution in [3.05, 3.63) is 24.5 Å². The van der Waals surface area contributed by atoms with E-state index in [1.54, 1.807) is 17.9 Å². The molecule has 0 spiro atoms. The molecule has 7 nitrogen and oxygen atoms in total. The maximum atomic E-state index is 12.2. The summed E-state index contributed by atoms with van der Waals surface area (Å²) in [5.74, 6) is 0.810. The van der Waals surface area contributed by atoms with Gasteiger partial charge in [0.1, 0.15) is 6.26 Å². The highest BCUT2D eigenvalue weighted by Gasteiger charge is 2.19. The number of aliphatic hydroxyl groups is 1. The van der Waals surface area contributed by atoms with Crippen LogP contribution >= 0.6 is 0 Å². The van der Waals surface area contributed by atoms with Gasteiger partial charge in [-0.3, -0.25) is 4.79 Å². The van der Waals surface area contributed by atoms with E-state index in [4.69, 9.17) is 8.94 Å². The van der Waals surface area contributed by atoms with Gasteiger partial charge in [0.25, 0.3) is 0 Å². The second-order valence-corrected chi connectivity index (χ2v) is 5.51. The molecular weight excluding hydrogens is 286 g/mol. The molecule has 22 heavy (non-hydrogen) atoms. The van der Waals surface area contributed by atoms with E-state index in [-0.39, 0.29) is 18.4 Å². The zero-order chi connectivity index (χ0) is 16.1. The minimum Gasteiger partial charge on any atom is -0.472 e. The lowest BCUT2D eigenvalue weighted by Gasteiger charge is -2.27. The van der Waals surface area contributed by atoms with Crippen LogP contribution < -0.4 is 0 Å². The normalized spacial score (nSPS) is 12.6. The van der Waals surface area contributed by atoms with Crippen molar-refractivity contribution in [1.82, 2.24) is 15.0 Å². The van der Waals surface area contributed by atoms with E-state index in [0.717, 1.165) is 5.56 Å². The summed E-state index contributed by atoms with van der Waals surface area (Å²) >= 11 is 0. The molecular formula is C15H21N3O4. The van der Waals surface area contributed by atoms with Crippen LogP contribution in [-0.2, 0) is 11.2 Å². The van der Waals surface area contributed by atoms with Crippen LogP contribution in [0.1, 0.15) is 33.1 Å². The SMILES string of the molecule is CC(O)CN(C(=O)CCc1nc(-c2ccoc2)no1)C(C)C. The summed E-state index contributed by atoms with van der Waals surface area (Å²) in [5.41, 5.74) is 0.735. The minimum atomic E-state index is -0.553. The molecule has 0 aliphatic rings. The largest absolute Gasteiger partial charge is 0.472 e. The van der Waals surface area contributed by atoms with Gasteiger partial charge < -0.3 is 18.9 Å². The summed E-state index contributed by atoms with van der Waals surface area (Å²) in [7, 11) is 0. The average Bonchev–Trinajstić information content (AvgIpc) is 3.11. The number of hydrogen-bond donors (Lipinski definition) is 1. The third-order valence-electron chi connectivity index (χ3n) is 3.20.